The molecule has 1 heterocycles. The zero-order valence-electron chi connectivity index (χ0n) is 11.0. The third kappa shape index (κ3) is 2.46. The molecule has 2 aliphatic rings. The molecule has 0 unspecified atom stereocenters. The van der Waals surface area contributed by atoms with Crippen molar-refractivity contribution >= 4 is 11.4 Å². The summed E-state index contributed by atoms with van der Waals surface area (Å²) < 4.78 is 0. The number of piperazine rings is 1. The van der Waals surface area contributed by atoms with Crippen molar-refractivity contribution in [3.8, 4) is 0 Å². The van der Waals surface area contributed by atoms with Crippen LogP contribution in [0.2, 0.25) is 0 Å². The topological polar surface area (TPSA) is 32.5 Å². The summed E-state index contributed by atoms with van der Waals surface area (Å²) in [6, 6.07) is 8.21. The van der Waals surface area contributed by atoms with Crippen LogP contribution in [0.3, 0.4) is 0 Å². The van der Waals surface area contributed by atoms with Crippen LogP contribution in [0.4, 0.5) is 11.4 Å². The predicted molar refractivity (Wildman–Crippen MR) is 76.8 cm³/mol. The lowest BCUT2D eigenvalue weighted by atomic mass is 9.85. The van der Waals surface area contributed by atoms with E-state index in [0.717, 1.165) is 24.7 Å². The molecule has 1 saturated carbocycles. The third-order valence-electron chi connectivity index (χ3n) is 4.39. The van der Waals surface area contributed by atoms with E-state index in [-0.39, 0.29) is 0 Å². The Morgan fingerprint density at radius 2 is 1.78 bits per heavy atom. The molecule has 98 valence electrons. The van der Waals surface area contributed by atoms with Gasteiger partial charge in [-0.1, -0.05) is 18.6 Å². The number of hydrogen-bond donors (Lipinski definition) is 1. The highest BCUT2D eigenvalue weighted by Gasteiger charge is 2.24. The second-order valence-electron chi connectivity index (χ2n) is 5.64. The van der Waals surface area contributed by atoms with Gasteiger partial charge < -0.3 is 10.6 Å². The van der Waals surface area contributed by atoms with Crippen LogP contribution >= 0.6 is 0 Å². The van der Waals surface area contributed by atoms with E-state index in [1.54, 1.807) is 0 Å². The van der Waals surface area contributed by atoms with Gasteiger partial charge >= 0.3 is 0 Å². The predicted octanol–water partition coefficient (Wildman–Crippen LogP) is 2.19. The highest BCUT2D eigenvalue weighted by Crippen LogP contribution is 2.28. The van der Waals surface area contributed by atoms with Crippen LogP contribution in [0.5, 0.6) is 0 Å². The molecule has 0 atom stereocenters. The molecule has 0 spiro atoms. The number of rotatable bonds is 3. The molecule has 1 saturated heterocycles. The van der Waals surface area contributed by atoms with E-state index in [9.17, 15) is 0 Å². The van der Waals surface area contributed by atoms with Crippen molar-refractivity contribution < 1.29 is 0 Å². The van der Waals surface area contributed by atoms with Crippen molar-refractivity contribution in [3.05, 3.63) is 24.3 Å². The molecule has 1 aromatic rings. The molecule has 0 bridgehead atoms. The fourth-order valence-corrected chi connectivity index (χ4v) is 2.99. The maximum absolute atomic E-state index is 6.04. The Morgan fingerprint density at radius 1 is 1.06 bits per heavy atom. The zero-order chi connectivity index (χ0) is 12.4. The Balaban J connectivity index is 1.54. The fraction of sp³-hybridized carbons (Fsp3) is 0.600. The second-order valence-corrected chi connectivity index (χ2v) is 5.64. The number of anilines is 2. The van der Waals surface area contributed by atoms with Gasteiger partial charge in [-0.3, -0.25) is 4.90 Å². The first-order valence-corrected chi connectivity index (χ1v) is 7.15. The number of nitrogens with zero attached hydrogens (tertiary/aromatic N) is 2. The third-order valence-corrected chi connectivity index (χ3v) is 4.39. The second kappa shape index (κ2) is 5.19. The van der Waals surface area contributed by atoms with Crippen LogP contribution in [-0.4, -0.2) is 37.6 Å². The Kier molecular flexibility index (Phi) is 3.41. The fourth-order valence-electron chi connectivity index (χ4n) is 2.99. The lowest BCUT2D eigenvalue weighted by molar-refractivity contribution is 0.170. The maximum atomic E-state index is 6.04. The van der Waals surface area contributed by atoms with Gasteiger partial charge in [0, 0.05) is 32.7 Å². The number of hydrogen-bond acceptors (Lipinski definition) is 3. The van der Waals surface area contributed by atoms with Crippen molar-refractivity contribution in [1.29, 1.82) is 0 Å². The largest absolute Gasteiger partial charge is 0.397 e. The van der Waals surface area contributed by atoms with Gasteiger partial charge in [-0.2, -0.15) is 0 Å². The highest BCUT2D eigenvalue weighted by molar-refractivity contribution is 5.67. The Labute approximate surface area is 110 Å². The lowest BCUT2D eigenvalue weighted by Crippen LogP contribution is -2.48. The average molecular weight is 245 g/mol. The zero-order valence-corrected chi connectivity index (χ0v) is 11.0. The van der Waals surface area contributed by atoms with Crippen molar-refractivity contribution in [2.45, 2.75) is 19.3 Å². The van der Waals surface area contributed by atoms with Crippen molar-refractivity contribution in [2.75, 3.05) is 43.4 Å². The summed E-state index contributed by atoms with van der Waals surface area (Å²) >= 11 is 0. The van der Waals surface area contributed by atoms with E-state index in [0.29, 0.717) is 0 Å². The molecule has 3 heteroatoms. The van der Waals surface area contributed by atoms with Gasteiger partial charge in [0.2, 0.25) is 0 Å². The summed E-state index contributed by atoms with van der Waals surface area (Å²) in [6.45, 7) is 5.91. The molecular formula is C15H23N3. The summed E-state index contributed by atoms with van der Waals surface area (Å²) in [5.41, 5.74) is 8.16. The van der Waals surface area contributed by atoms with Crippen molar-refractivity contribution in [3.63, 3.8) is 0 Å². The Bertz CT molecular complexity index is 392. The van der Waals surface area contributed by atoms with Gasteiger partial charge in [-0.15, -0.1) is 0 Å². The number of nitrogens with two attached hydrogens (primary N) is 1. The van der Waals surface area contributed by atoms with Crippen LogP contribution in [0.15, 0.2) is 24.3 Å². The first-order valence-electron chi connectivity index (χ1n) is 7.15. The Hall–Kier alpha value is -1.22. The minimum Gasteiger partial charge on any atom is -0.397 e. The van der Waals surface area contributed by atoms with E-state index in [4.69, 9.17) is 5.73 Å². The monoisotopic (exact) mass is 245 g/mol. The number of benzene rings is 1. The molecule has 18 heavy (non-hydrogen) atoms. The first-order chi connectivity index (χ1) is 8.83. The minimum absolute atomic E-state index is 0.907. The molecule has 0 amide bonds. The minimum atomic E-state index is 0.907. The molecule has 1 aliphatic carbocycles. The molecular weight excluding hydrogens is 222 g/mol. The lowest BCUT2D eigenvalue weighted by Gasteiger charge is -2.39. The van der Waals surface area contributed by atoms with Crippen LogP contribution in [0.25, 0.3) is 0 Å². The van der Waals surface area contributed by atoms with Gasteiger partial charge in [0.1, 0.15) is 0 Å². The van der Waals surface area contributed by atoms with Crippen molar-refractivity contribution in [2.24, 2.45) is 5.92 Å². The summed E-state index contributed by atoms with van der Waals surface area (Å²) in [5.74, 6) is 0.985. The normalized spacial score (nSPS) is 21.9. The molecule has 2 N–H and O–H groups in total. The van der Waals surface area contributed by atoms with Crippen LogP contribution < -0.4 is 10.6 Å². The molecule has 1 aromatic carbocycles. The molecule has 2 fully saturated rings. The van der Waals surface area contributed by atoms with Crippen LogP contribution in [0, 0.1) is 5.92 Å². The van der Waals surface area contributed by atoms with Gasteiger partial charge in [0.05, 0.1) is 11.4 Å². The van der Waals surface area contributed by atoms with Gasteiger partial charge in [-0.05, 0) is 30.9 Å². The summed E-state index contributed by atoms with van der Waals surface area (Å²) in [6.07, 6.45) is 4.35. The molecule has 3 nitrogen and oxygen atoms in total. The van der Waals surface area contributed by atoms with Crippen LogP contribution in [-0.2, 0) is 0 Å². The molecule has 3 rings (SSSR count). The smallest absolute Gasteiger partial charge is 0.0600 e. The molecule has 1 aliphatic heterocycles. The highest BCUT2D eigenvalue weighted by atomic mass is 15.3. The first kappa shape index (κ1) is 11.8. The van der Waals surface area contributed by atoms with Gasteiger partial charge in [0.15, 0.2) is 0 Å². The quantitative estimate of drug-likeness (QED) is 0.829. The Morgan fingerprint density at radius 3 is 2.39 bits per heavy atom. The SMILES string of the molecule is Nc1ccccc1N1CCN(CC2CCC2)CC1. The van der Waals surface area contributed by atoms with E-state index in [1.165, 1.54) is 44.6 Å². The molecule has 0 aromatic heterocycles. The van der Waals surface area contributed by atoms with Gasteiger partial charge in [-0.25, -0.2) is 0 Å². The summed E-state index contributed by atoms with van der Waals surface area (Å²) in [5, 5.41) is 0. The summed E-state index contributed by atoms with van der Waals surface area (Å²) in [7, 11) is 0. The maximum Gasteiger partial charge on any atom is 0.0600 e. The van der Waals surface area contributed by atoms with Crippen LogP contribution in [0.1, 0.15) is 19.3 Å². The van der Waals surface area contributed by atoms with Gasteiger partial charge in [0.25, 0.3) is 0 Å². The standard InChI is InChI=1S/C15H23N3/c16-14-6-1-2-7-15(14)18-10-8-17(9-11-18)12-13-4-3-5-13/h1-2,6-7,13H,3-5,8-12,16H2. The van der Waals surface area contributed by atoms with E-state index in [1.807, 2.05) is 12.1 Å². The van der Waals surface area contributed by atoms with E-state index in [2.05, 4.69) is 21.9 Å². The summed E-state index contributed by atoms with van der Waals surface area (Å²) in [4.78, 5) is 5.05. The number of nitrogen functional groups attached to an aromatic ring is 1. The van der Waals surface area contributed by atoms with E-state index < -0.39 is 0 Å². The van der Waals surface area contributed by atoms with Crippen molar-refractivity contribution in [1.82, 2.24) is 4.90 Å². The number of para-hydroxylation sites is 2. The van der Waals surface area contributed by atoms with E-state index >= 15 is 0 Å². The average Bonchev–Trinajstić information content (AvgIpc) is 2.35. The molecule has 0 radical (unpaired) electrons.